The van der Waals surface area contributed by atoms with Gasteiger partial charge in [0.15, 0.2) is 0 Å². The fourth-order valence-corrected chi connectivity index (χ4v) is 1.84. The Bertz CT molecular complexity index is 473. The molecule has 1 unspecified atom stereocenters. The molecule has 0 bridgehead atoms. The van der Waals surface area contributed by atoms with Gasteiger partial charge in [-0.25, -0.2) is 9.97 Å². The van der Waals surface area contributed by atoms with Crippen molar-refractivity contribution in [2.75, 3.05) is 31.3 Å². The first-order chi connectivity index (χ1) is 9.36. The molecule has 0 spiro atoms. The molecule has 0 radical (unpaired) electrons. The van der Waals surface area contributed by atoms with Gasteiger partial charge in [-0.1, -0.05) is 6.92 Å². The molecule has 0 fully saturated rings. The number of rotatable bonds is 6. The summed E-state index contributed by atoms with van der Waals surface area (Å²) in [5, 5.41) is 6.45. The van der Waals surface area contributed by atoms with Crippen LogP contribution in [0.3, 0.4) is 0 Å². The molecule has 0 aliphatic rings. The maximum Gasteiger partial charge on any atom is 0.244 e. The number of aryl methyl sites for hydroxylation is 1. The van der Waals surface area contributed by atoms with E-state index < -0.39 is 0 Å². The highest BCUT2D eigenvalue weighted by molar-refractivity contribution is 5.84. The Labute approximate surface area is 121 Å². The summed E-state index contributed by atoms with van der Waals surface area (Å²) in [4.78, 5) is 22.3. The second-order valence-electron chi connectivity index (χ2n) is 5.12. The van der Waals surface area contributed by atoms with Gasteiger partial charge in [-0.2, -0.15) is 0 Å². The molecule has 0 aromatic carbocycles. The lowest BCUT2D eigenvalue weighted by Crippen LogP contribution is -2.37. The minimum atomic E-state index is -0.322. The van der Waals surface area contributed by atoms with Crippen molar-refractivity contribution in [3.8, 4) is 0 Å². The molecule has 1 heterocycles. The van der Waals surface area contributed by atoms with Crippen LogP contribution >= 0.6 is 0 Å². The number of amides is 1. The maximum atomic E-state index is 11.9. The number of carbonyl (C=O) groups is 1. The van der Waals surface area contributed by atoms with Crippen molar-refractivity contribution in [3.05, 3.63) is 11.4 Å². The maximum absolute atomic E-state index is 11.9. The van der Waals surface area contributed by atoms with E-state index in [0.717, 1.165) is 24.3 Å². The standard InChI is InChI=1S/C14H25N5O/c1-7-8-15-12-9(2)13(18-11(4)17-12)16-10(3)14(20)19(5)6/h10H,7-8H2,1-6H3,(H2,15,16,17,18). The third kappa shape index (κ3) is 4.08. The molecule has 6 nitrogen and oxygen atoms in total. The predicted octanol–water partition coefficient (Wildman–Crippen LogP) is 1.80. The van der Waals surface area contributed by atoms with Gasteiger partial charge in [0.1, 0.15) is 23.5 Å². The smallest absolute Gasteiger partial charge is 0.244 e. The first kappa shape index (κ1) is 16.2. The van der Waals surface area contributed by atoms with Gasteiger partial charge in [0, 0.05) is 26.2 Å². The monoisotopic (exact) mass is 279 g/mol. The van der Waals surface area contributed by atoms with E-state index in [1.165, 1.54) is 0 Å². The average molecular weight is 279 g/mol. The Morgan fingerprint density at radius 3 is 2.40 bits per heavy atom. The zero-order valence-electron chi connectivity index (χ0n) is 13.2. The lowest BCUT2D eigenvalue weighted by atomic mass is 10.2. The summed E-state index contributed by atoms with van der Waals surface area (Å²) in [6, 6.07) is -0.322. The largest absolute Gasteiger partial charge is 0.370 e. The van der Waals surface area contributed by atoms with Crippen molar-refractivity contribution in [3.63, 3.8) is 0 Å². The van der Waals surface area contributed by atoms with Gasteiger partial charge < -0.3 is 15.5 Å². The van der Waals surface area contributed by atoms with Crippen molar-refractivity contribution >= 4 is 17.5 Å². The molecular weight excluding hydrogens is 254 g/mol. The Balaban J connectivity index is 2.94. The minimum Gasteiger partial charge on any atom is -0.370 e. The van der Waals surface area contributed by atoms with E-state index in [1.54, 1.807) is 19.0 Å². The average Bonchev–Trinajstić information content (AvgIpc) is 2.39. The van der Waals surface area contributed by atoms with Gasteiger partial charge >= 0.3 is 0 Å². The predicted molar refractivity (Wildman–Crippen MR) is 82.1 cm³/mol. The van der Waals surface area contributed by atoms with Crippen molar-refractivity contribution in [1.82, 2.24) is 14.9 Å². The van der Waals surface area contributed by atoms with Crippen LogP contribution in [0, 0.1) is 13.8 Å². The van der Waals surface area contributed by atoms with Crippen molar-refractivity contribution in [2.45, 2.75) is 40.2 Å². The van der Waals surface area contributed by atoms with Crippen LogP contribution in [0.5, 0.6) is 0 Å². The molecular formula is C14H25N5O. The fraction of sp³-hybridized carbons (Fsp3) is 0.643. The second kappa shape index (κ2) is 7.07. The number of nitrogens with zero attached hydrogens (tertiary/aromatic N) is 3. The van der Waals surface area contributed by atoms with Gasteiger partial charge in [0.2, 0.25) is 5.91 Å². The van der Waals surface area contributed by atoms with Crippen LogP contribution in [0.1, 0.15) is 31.7 Å². The molecule has 2 N–H and O–H groups in total. The number of carbonyl (C=O) groups excluding carboxylic acids is 1. The third-order valence-corrected chi connectivity index (χ3v) is 2.96. The molecule has 0 saturated carbocycles. The molecule has 6 heteroatoms. The van der Waals surface area contributed by atoms with Crippen molar-refractivity contribution < 1.29 is 4.79 Å². The van der Waals surface area contributed by atoms with Crippen LogP contribution in [0.25, 0.3) is 0 Å². The van der Waals surface area contributed by atoms with Crippen LogP contribution in [0.4, 0.5) is 11.6 Å². The lowest BCUT2D eigenvalue weighted by Gasteiger charge is -2.20. The van der Waals surface area contributed by atoms with E-state index in [1.807, 2.05) is 20.8 Å². The Kier molecular flexibility index (Phi) is 5.73. The normalized spacial score (nSPS) is 11.9. The fourth-order valence-electron chi connectivity index (χ4n) is 1.84. The van der Waals surface area contributed by atoms with E-state index in [4.69, 9.17) is 0 Å². The lowest BCUT2D eigenvalue weighted by molar-refractivity contribution is -0.129. The number of anilines is 2. The highest BCUT2D eigenvalue weighted by atomic mass is 16.2. The topological polar surface area (TPSA) is 70.1 Å². The summed E-state index contributed by atoms with van der Waals surface area (Å²) in [6.07, 6.45) is 1.03. The molecule has 0 aliphatic carbocycles. The van der Waals surface area contributed by atoms with Gasteiger partial charge in [0.05, 0.1) is 0 Å². The minimum absolute atomic E-state index is 0.0173. The van der Waals surface area contributed by atoms with E-state index in [0.29, 0.717) is 11.6 Å². The number of hydrogen-bond acceptors (Lipinski definition) is 5. The molecule has 0 aliphatic heterocycles. The summed E-state index contributed by atoms with van der Waals surface area (Å²) in [7, 11) is 3.49. The molecule has 20 heavy (non-hydrogen) atoms. The quantitative estimate of drug-likeness (QED) is 0.831. The molecule has 0 saturated heterocycles. The van der Waals surface area contributed by atoms with Gasteiger partial charge in [-0.3, -0.25) is 4.79 Å². The zero-order chi connectivity index (χ0) is 15.3. The second-order valence-corrected chi connectivity index (χ2v) is 5.12. The molecule has 112 valence electrons. The summed E-state index contributed by atoms with van der Waals surface area (Å²) in [5.74, 6) is 2.23. The zero-order valence-corrected chi connectivity index (χ0v) is 13.2. The number of likely N-dealkylation sites (N-methyl/N-ethyl adjacent to an activating group) is 1. The molecule has 1 atom stereocenters. The van der Waals surface area contributed by atoms with E-state index in [2.05, 4.69) is 27.5 Å². The summed E-state index contributed by atoms with van der Waals surface area (Å²) in [6.45, 7) is 8.60. The number of aromatic nitrogens is 2. The first-order valence-electron chi connectivity index (χ1n) is 6.93. The van der Waals surface area contributed by atoms with E-state index >= 15 is 0 Å². The highest BCUT2D eigenvalue weighted by Crippen LogP contribution is 2.20. The van der Waals surface area contributed by atoms with Crippen LogP contribution in [0.2, 0.25) is 0 Å². The Hall–Kier alpha value is -1.85. The molecule has 1 rings (SSSR count). The van der Waals surface area contributed by atoms with Crippen LogP contribution in [0.15, 0.2) is 0 Å². The van der Waals surface area contributed by atoms with Gasteiger partial charge in [0.25, 0.3) is 0 Å². The van der Waals surface area contributed by atoms with Crippen molar-refractivity contribution in [2.24, 2.45) is 0 Å². The SMILES string of the molecule is CCCNc1nc(C)nc(NC(C)C(=O)N(C)C)c1C. The van der Waals surface area contributed by atoms with E-state index in [-0.39, 0.29) is 11.9 Å². The Morgan fingerprint density at radius 1 is 1.25 bits per heavy atom. The summed E-state index contributed by atoms with van der Waals surface area (Å²) in [5.41, 5.74) is 0.933. The van der Waals surface area contributed by atoms with Gasteiger partial charge in [-0.05, 0) is 27.2 Å². The van der Waals surface area contributed by atoms with Crippen LogP contribution in [-0.2, 0) is 4.79 Å². The van der Waals surface area contributed by atoms with Gasteiger partial charge in [-0.15, -0.1) is 0 Å². The van der Waals surface area contributed by atoms with E-state index in [9.17, 15) is 4.79 Å². The highest BCUT2D eigenvalue weighted by Gasteiger charge is 2.17. The van der Waals surface area contributed by atoms with Crippen molar-refractivity contribution in [1.29, 1.82) is 0 Å². The summed E-state index contributed by atoms with van der Waals surface area (Å²) < 4.78 is 0. The molecule has 1 aromatic heterocycles. The van der Waals surface area contributed by atoms with Crippen LogP contribution < -0.4 is 10.6 Å². The summed E-state index contributed by atoms with van der Waals surface area (Å²) >= 11 is 0. The first-order valence-corrected chi connectivity index (χ1v) is 6.93. The molecule has 1 amide bonds. The third-order valence-electron chi connectivity index (χ3n) is 2.96. The Morgan fingerprint density at radius 2 is 1.85 bits per heavy atom. The number of hydrogen-bond donors (Lipinski definition) is 2. The molecule has 1 aromatic rings. The van der Waals surface area contributed by atoms with Crippen LogP contribution in [-0.4, -0.2) is 47.5 Å². The number of nitrogens with one attached hydrogen (secondary N) is 2.